The summed E-state index contributed by atoms with van der Waals surface area (Å²) in [6.07, 6.45) is 3.57. The van der Waals surface area contributed by atoms with Crippen molar-refractivity contribution in [2.24, 2.45) is 0 Å². The number of anilines is 1. The van der Waals surface area contributed by atoms with Crippen molar-refractivity contribution in [3.05, 3.63) is 47.6 Å². The normalized spacial score (nSPS) is 11.1. The lowest BCUT2D eigenvalue weighted by Crippen LogP contribution is -1.95. The molecule has 0 aliphatic carbocycles. The second-order valence-corrected chi connectivity index (χ2v) is 5.77. The van der Waals surface area contributed by atoms with Crippen molar-refractivity contribution in [2.45, 2.75) is 6.92 Å². The second kappa shape index (κ2) is 5.65. The summed E-state index contributed by atoms with van der Waals surface area (Å²) >= 11 is 6.28. The van der Waals surface area contributed by atoms with E-state index >= 15 is 0 Å². The van der Waals surface area contributed by atoms with Gasteiger partial charge in [0, 0.05) is 37.5 Å². The Labute approximate surface area is 142 Å². The van der Waals surface area contributed by atoms with Gasteiger partial charge in [0.15, 0.2) is 0 Å². The Hall–Kier alpha value is -2.86. The lowest BCUT2D eigenvalue weighted by Gasteiger charge is -2.11. The average Bonchev–Trinajstić information content (AvgIpc) is 3.21. The van der Waals surface area contributed by atoms with Crippen LogP contribution in [0.15, 0.2) is 41.1 Å². The van der Waals surface area contributed by atoms with Crippen molar-refractivity contribution in [3.63, 3.8) is 0 Å². The van der Waals surface area contributed by atoms with Crippen molar-refractivity contribution in [2.75, 3.05) is 12.4 Å². The lowest BCUT2D eigenvalue weighted by atomic mass is 10.0. The molecule has 2 N–H and O–H groups in total. The molecule has 1 aromatic carbocycles. The molecule has 0 radical (unpaired) electrons. The average molecular weight is 340 g/mol. The highest BCUT2D eigenvalue weighted by Crippen LogP contribution is 2.37. The van der Waals surface area contributed by atoms with Gasteiger partial charge in [0.2, 0.25) is 11.8 Å². The number of hydrogen-bond acceptors (Lipinski definition) is 5. The Bertz CT molecular complexity index is 1020. The minimum atomic E-state index is 0.509. The molecule has 4 rings (SSSR count). The van der Waals surface area contributed by atoms with Crippen LogP contribution in [0.1, 0.15) is 5.89 Å². The van der Waals surface area contributed by atoms with Crippen LogP contribution in [0.4, 0.5) is 5.69 Å². The van der Waals surface area contributed by atoms with E-state index in [1.165, 1.54) is 0 Å². The van der Waals surface area contributed by atoms with E-state index in [9.17, 15) is 0 Å². The summed E-state index contributed by atoms with van der Waals surface area (Å²) in [6, 6.07) is 7.90. The number of aromatic amines is 1. The van der Waals surface area contributed by atoms with E-state index < -0.39 is 0 Å². The first-order valence-electron chi connectivity index (χ1n) is 7.41. The lowest BCUT2D eigenvalue weighted by molar-refractivity contribution is 0.533. The first-order valence-corrected chi connectivity index (χ1v) is 7.79. The van der Waals surface area contributed by atoms with Gasteiger partial charge in [0.1, 0.15) is 5.65 Å². The number of nitrogens with zero attached hydrogens (tertiary/aromatic N) is 3. The zero-order chi connectivity index (χ0) is 16.7. The van der Waals surface area contributed by atoms with Gasteiger partial charge in [-0.05, 0) is 17.7 Å². The van der Waals surface area contributed by atoms with Crippen LogP contribution in [0.5, 0.6) is 0 Å². The number of fused-ring (bicyclic) bond motifs is 1. The molecule has 0 fully saturated rings. The maximum atomic E-state index is 6.28. The fourth-order valence-electron chi connectivity index (χ4n) is 2.74. The molecule has 120 valence electrons. The van der Waals surface area contributed by atoms with Crippen LogP contribution in [0.3, 0.4) is 0 Å². The molecule has 0 amide bonds. The van der Waals surface area contributed by atoms with Crippen LogP contribution < -0.4 is 5.32 Å². The molecule has 24 heavy (non-hydrogen) atoms. The minimum Gasteiger partial charge on any atom is -0.421 e. The smallest absolute Gasteiger partial charge is 0.247 e. The van der Waals surface area contributed by atoms with E-state index in [0.717, 1.165) is 33.4 Å². The number of rotatable bonds is 3. The van der Waals surface area contributed by atoms with Gasteiger partial charge < -0.3 is 14.7 Å². The molecule has 0 saturated heterocycles. The molecule has 0 saturated carbocycles. The number of hydrogen-bond donors (Lipinski definition) is 2. The third-order valence-electron chi connectivity index (χ3n) is 3.87. The van der Waals surface area contributed by atoms with Crippen molar-refractivity contribution in [1.29, 1.82) is 0 Å². The molecule has 0 bridgehead atoms. The van der Waals surface area contributed by atoms with E-state index in [-0.39, 0.29) is 0 Å². The van der Waals surface area contributed by atoms with Crippen LogP contribution in [-0.4, -0.2) is 27.2 Å². The van der Waals surface area contributed by atoms with Gasteiger partial charge in [0.25, 0.3) is 0 Å². The Morgan fingerprint density at radius 2 is 1.88 bits per heavy atom. The summed E-state index contributed by atoms with van der Waals surface area (Å²) in [5.74, 6) is 1.05. The first-order chi connectivity index (χ1) is 11.7. The summed E-state index contributed by atoms with van der Waals surface area (Å²) < 4.78 is 5.45. The van der Waals surface area contributed by atoms with Crippen molar-refractivity contribution in [3.8, 4) is 22.6 Å². The van der Waals surface area contributed by atoms with Crippen LogP contribution in [-0.2, 0) is 0 Å². The second-order valence-electron chi connectivity index (χ2n) is 5.36. The Balaban J connectivity index is 1.81. The van der Waals surface area contributed by atoms with Crippen molar-refractivity contribution in [1.82, 2.24) is 20.2 Å². The van der Waals surface area contributed by atoms with E-state index in [1.54, 1.807) is 13.1 Å². The Kier molecular flexibility index (Phi) is 3.46. The number of nitrogens with one attached hydrogen (secondary N) is 2. The summed E-state index contributed by atoms with van der Waals surface area (Å²) in [7, 11) is 1.87. The number of halogens is 1. The van der Waals surface area contributed by atoms with E-state index in [1.807, 2.05) is 37.5 Å². The molecule has 0 aliphatic rings. The van der Waals surface area contributed by atoms with Gasteiger partial charge in [-0.3, -0.25) is 0 Å². The predicted octanol–water partition coefficient (Wildman–Crippen LogP) is 4.28. The first kappa shape index (κ1) is 14.7. The molecule has 3 aromatic heterocycles. The molecule has 3 heterocycles. The number of aromatic nitrogens is 4. The van der Waals surface area contributed by atoms with Gasteiger partial charge in [-0.1, -0.05) is 23.7 Å². The van der Waals surface area contributed by atoms with E-state index in [2.05, 4.69) is 25.5 Å². The van der Waals surface area contributed by atoms with Gasteiger partial charge in [-0.15, -0.1) is 10.2 Å². The molecule has 6 nitrogen and oxygen atoms in total. The molecule has 4 aromatic rings. The quantitative estimate of drug-likeness (QED) is 0.582. The van der Waals surface area contributed by atoms with Gasteiger partial charge in [-0.25, -0.2) is 4.98 Å². The summed E-state index contributed by atoms with van der Waals surface area (Å²) in [5, 5.41) is 12.6. The number of pyridine rings is 1. The topological polar surface area (TPSA) is 79.6 Å². The molecular weight excluding hydrogens is 326 g/mol. The van der Waals surface area contributed by atoms with Crippen LogP contribution in [0, 0.1) is 6.92 Å². The predicted molar refractivity (Wildman–Crippen MR) is 94.1 cm³/mol. The van der Waals surface area contributed by atoms with Crippen LogP contribution in [0.2, 0.25) is 5.02 Å². The Morgan fingerprint density at radius 1 is 1.12 bits per heavy atom. The molecule has 0 spiro atoms. The van der Waals surface area contributed by atoms with Crippen molar-refractivity contribution < 1.29 is 4.42 Å². The maximum absolute atomic E-state index is 6.28. The number of benzene rings is 1. The minimum absolute atomic E-state index is 0.509. The monoisotopic (exact) mass is 339 g/mol. The molecular formula is C17H14ClN5O. The summed E-state index contributed by atoms with van der Waals surface area (Å²) in [6.45, 7) is 1.77. The SMILES string of the molecule is CNc1c(-c2ccc(-c3nnc(C)o3)cc2)cnc2[nH]cc(Cl)c12. The summed E-state index contributed by atoms with van der Waals surface area (Å²) in [4.78, 5) is 7.51. The van der Waals surface area contributed by atoms with Crippen molar-refractivity contribution >= 4 is 28.3 Å². The largest absolute Gasteiger partial charge is 0.421 e. The maximum Gasteiger partial charge on any atom is 0.247 e. The molecule has 0 aliphatic heterocycles. The van der Waals surface area contributed by atoms with Crippen LogP contribution >= 0.6 is 11.6 Å². The third kappa shape index (κ3) is 2.32. The highest BCUT2D eigenvalue weighted by molar-refractivity contribution is 6.36. The third-order valence-corrected chi connectivity index (χ3v) is 4.17. The number of aryl methyl sites for hydroxylation is 1. The van der Waals surface area contributed by atoms with Gasteiger partial charge >= 0.3 is 0 Å². The van der Waals surface area contributed by atoms with E-state index in [0.29, 0.717) is 16.8 Å². The zero-order valence-electron chi connectivity index (χ0n) is 13.1. The van der Waals surface area contributed by atoms with Crippen LogP contribution in [0.25, 0.3) is 33.6 Å². The molecule has 0 atom stereocenters. The summed E-state index contributed by atoms with van der Waals surface area (Å²) in [5.41, 5.74) is 4.56. The fourth-order valence-corrected chi connectivity index (χ4v) is 2.98. The number of H-pyrrole nitrogens is 1. The highest BCUT2D eigenvalue weighted by atomic mass is 35.5. The zero-order valence-corrected chi connectivity index (χ0v) is 13.8. The standard InChI is InChI=1S/C17H14ClN5O/c1-9-22-23-17(24-9)11-5-3-10(4-6-11)12-7-20-16-14(15(12)19-2)13(18)8-21-16/h3-8H,1-2H3,(H2,19,20,21). The van der Waals surface area contributed by atoms with Gasteiger partial charge in [0.05, 0.1) is 16.1 Å². The fraction of sp³-hybridized carbons (Fsp3) is 0.118. The highest BCUT2D eigenvalue weighted by Gasteiger charge is 2.14. The van der Waals surface area contributed by atoms with E-state index in [4.69, 9.17) is 16.0 Å². The van der Waals surface area contributed by atoms with Gasteiger partial charge in [-0.2, -0.15) is 0 Å². The molecule has 0 unspecified atom stereocenters. The Morgan fingerprint density at radius 3 is 2.54 bits per heavy atom. The molecule has 7 heteroatoms.